The molecule has 0 radical (unpaired) electrons. The van der Waals surface area contributed by atoms with Crippen molar-refractivity contribution >= 4 is 22.6 Å². The second-order valence-electron chi connectivity index (χ2n) is 9.35. The molecule has 6 nitrogen and oxygen atoms in total. The first-order valence-electron chi connectivity index (χ1n) is 11.5. The summed E-state index contributed by atoms with van der Waals surface area (Å²) in [5.74, 6) is -2.84. The molecule has 0 aliphatic heterocycles. The van der Waals surface area contributed by atoms with Crippen molar-refractivity contribution in [2.75, 3.05) is 0 Å². The number of hydrogen-bond donors (Lipinski definition) is 2. The number of amides is 1. The van der Waals surface area contributed by atoms with Gasteiger partial charge in [0.25, 0.3) is 5.91 Å². The summed E-state index contributed by atoms with van der Waals surface area (Å²) >= 11 is 0. The summed E-state index contributed by atoms with van der Waals surface area (Å²) in [4.78, 5) is 25.2. The highest BCUT2D eigenvalue weighted by Crippen LogP contribution is 2.34. The molecule has 1 atom stereocenters. The minimum atomic E-state index is -4.83. The lowest BCUT2D eigenvalue weighted by molar-refractivity contribution is -0.274. The van der Waals surface area contributed by atoms with Gasteiger partial charge in [0.15, 0.2) is 0 Å². The summed E-state index contributed by atoms with van der Waals surface area (Å²) in [6.45, 7) is 6.75. The zero-order valence-corrected chi connectivity index (χ0v) is 20.7. The molecule has 1 amide bonds. The molecule has 198 valence electrons. The maximum absolute atomic E-state index is 14.7. The fourth-order valence-corrected chi connectivity index (χ4v) is 3.78. The minimum Gasteiger partial charge on any atom is -0.487 e. The molecule has 0 aliphatic carbocycles. The third kappa shape index (κ3) is 6.69. The second kappa shape index (κ2) is 10.7. The van der Waals surface area contributed by atoms with Gasteiger partial charge in [0.05, 0.1) is 5.56 Å². The number of rotatable bonds is 9. The normalized spacial score (nSPS) is 12.8. The Morgan fingerprint density at radius 2 is 1.68 bits per heavy atom. The number of carboxylic acids is 1. The first-order chi connectivity index (χ1) is 17.2. The number of aliphatic carboxylic acids is 1. The fourth-order valence-electron chi connectivity index (χ4n) is 3.78. The number of carbonyl (C=O) groups is 2. The second-order valence-corrected chi connectivity index (χ2v) is 9.35. The Bertz CT molecular complexity index is 1300. The van der Waals surface area contributed by atoms with Crippen LogP contribution in [0.25, 0.3) is 10.8 Å². The highest BCUT2D eigenvalue weighted by atomic mass is 19.4. The van der Waals surface area contributed by atoms with Crippen LogP contribution in [0, 0.1) is 18.2 Å². The summed E-state index contributed by atoms with van der Waals surface area (Å²) in [5, 5.41) is 12.8. The van der Waals surface area contributed by atoms with Crippen molar-refractivity contribution in [2.24, 2.45) is 5.41 Å². The SMILES string of the molecule is CCC(C)(C)[C@H](NC(=O)c1ccc2c(F)cc(C)cc2c1OCc1ccc(OC(F)(F)F)cc1)C(=O)O. The van der Waals surface area contributed by atoms with Crippen molar-refractivity contribution in [3.05, 3.63) is 71.0 Å². The number of hydrogen-bond acceptors (Lipinski definition) is 4. The number of nitrogens with one attached hydrogen (secondary N) is 1. The average molecular weight is 522 g/mol. The Balaban J connectivity index is 1.99. The van der Waals surface area contributed by atoms with Gasteiger partial charge in [-0.1, -0.05) is 39.0 Å². The Morgan fingerprint density at radius 3 is 2.24 bits per heavy atom. The van der Waals surface area contributed by atoms with E-state index in [0.29, 0.717) is 22.9 Å². The van der Waals surface area contributed by atoms with Gasteiger partial charge in [-0.2, -0.15) is 0 Å². The van der Waals surface area contributed by atoms with Gasteiger partial charge in [0, 0.05) is 10.8 Å². The lowest BCUT2D eigenvalue weighted by Gasteiger charge is -2.31. The number of fused-ring (bicyclic) bond motifs is 1. The quantitative estimate of drug-likeness (QED) is 0.319. The van der Waals surface area contributed by atoms with Crippen LogP contribution in [0.3, 0.4) is 0 Å². The van der Waals surface area contributed by atoms with E-state index in [2.05, 4.69) is 10.1 Å². The van der Waals surface area contributed by atoms with Gasteiger partial charge < -0.3 is 19.9 Å². The zero-order chi connectivity index (χ0) is 27.5. The Kier molecular flexibility index (Phi) is 8.00. The van der Waals surface area contributed by atoms with Crippen LogP contribution >= 0.6 is 0 Å². The van der Waals surface area contributed by atoms with Crippen LogP contribution in [0.2, 0.25) is 0 Å². The molecule has 10 heteroatoms. The summed E-state index contributed by atoms with van der Waals surface area (Å²) in [7, 11) is 0. The molecule has 3 rings (SSSR count). The maximum Gasteiger partial charge on any atom is 0.573 e. The molecule has 2 N–H and O–H groups in total. The van der Waals surface area contributed by atoms with Crippen molar-refractivity contribution in [3.8, 4) is 11.5 Å². The largest absolute Gasteiger partial charge is 0.573 e. The molecule has 0 aliphatic rings. The standard InChI is InChI=1S/C27H27F4NO5/c1-5-26(3,4)23(25(34)35)32-24(33)19-11-10-18-20(12-15(2)13-21(18)28)22(19)36-14-16-6-8-17(9-7-16)37-27(29,30)31/h6-13,23H,5,14H2,1-4H3,(H,32,33)(H,34,35)/t23-/m1/s1. The van der Waals surface area contributed by atoms with Crippen molar-refractivity contribution in [2.45, 2.75) is 53.1 Å². The molecular formula is C27H27F4NO5. The maximum atomic E-state index is 14.7. The predicted octanol–water partition coefficient (Wildman–Crippen LogP) is 6.38. The number of benzene rings is 3. The van der Waals surface area contributed by atoms with E-state index >= 15 is 0 Å². The van der Waals surface area contributed by atoms with Gasteiger partial charge in [-0.05, 0) is 60.2 Å². The van der Waals surface area contributed by atoms with E-state index in [1.807, 2.05) is 6.92 Å². The molecule has 0 saturated carbocycles. The smallest absolute Gasteiger partial charge is 0.487 e. The molecule has 0 heterocycles. The monoisotopic (exact) mass is 521 g/mol. The van der Waals surface area contributed by atoms with Crippen LogP contribution < -0.4 is 14.8 Å². The highest BCUT2D eigenvalue weighted by molar-refractivity contribution is 6.05. The van der Waals surface area contributed by atoms with Crippen LogP contribution in [-0.4, -0.2) is 29.4 Å². The lowest BCUT2D eigenvalue weighted by atomic mass is 9.81. The van der Waals surface area contributed by atoms with E-state index in [-0.39, 0.29) is 23.3 Å². The van der Waals surface area contributed by atoms with Crippen LogP contribution in [0.4, 0.5) is 17.6 Å². The third-order valence-corrected chi connectivity index (χ3v) is 6.18. The van der Waals surface area contributed by atoms with E-state index in [0.717, 1.165) is 12.1 Å². The molecule has 3 aromatic rings. The number of aryl methyl sites for hydroxylation is 1. The Hall–Kier alpha value is -3.82. The molecule has 0 spiro atoms. The van der Waals surface area contributed by atoms with E-state index in [9.17, 15) is 32.3 Å². The van der Waals surface area contributed by atoms with Gasteiger partial charge in [0.2, 0.25) is 0 Å². The molecule has 0 fully saturated rings. The minimum absolute atomic E-state index is 0.00678. The summed E-state index contributed by atoms with van der Waals surface area (Å²) in [6, 6.07) is 9.49. The van der Waals surface area contributed by atoms with E-state index in [1.165, 1.54) is 30.3 Å². The number of ether oxygens (including phenoxy) is 2. The van der Waals surface area contributed by atoms with Crippen LogP contribution in [-0.2, 0) is 11.4 Å². The van der Waals surface area contributed by atoms with Gasteiger partial charge in [-0.3, -0.25) is 4.79 Å². The molecule has 0 saturated heterocycles. The number of alkyl halides is 3. The number of carbonyl (C=O) groups excluding carboxylic acids is 1. The highest BCUT2D eigenvalue weighted by Gasteiger charge is 2.36. The van der Waals surface area contributed by atoms with Crippen LogP contribution in [0.5, 0.6) is 11.5 Å². The van der Waals surface area contributed by atoms with E-state index in [4.69, 9.17) is 4.74 Å². The van der Waals surface area contributed by atoms with Crippen LogP contribution in [0.1, 0.15) is 48.7 Å². The summed E-state index contributed by atoms with van der Waals surface area (Å²) in [6.07, 6.45) is -4.35. The predicted molar refractivity (Wildman–Crippen MR) is 129 cm³/mol. The van der Waals surface area contributed by atoms with Gasteiger partial charge in [0.1, 0.15) is 30.0 Å². The van der Waals surface area contributed by atoms with E-state index < -0.39 is 41.3 Å². The number of halogens is 4. The Morgan fingerprint density at radius 1 is 1.03 bits per heavy atom. The first kappa shape index (κ1) is 27.8. The van der Waals surface area contributed by atoms with Crippen molar-refractivity contribution in [1.29, 1.82) is 0 Å². The first-order valence-corrected chi connectivity index (χ1v) is 11.5. The fraction of sp³-hybridized carbons (Fsp3) is 0.333. The summed E-state index contributed by atoms with van der Waals surface area (Å²) < 4.78 is 61.8. The Labute approximate surface area is 211 Å². The molecular weight excluding hydrogens is 494 g/mol. The molecule has 0 unspecified atom stereocenters. The average Bonchev–Trinajstić information content (AvgIpc) is 2.80. The van der Waals surface area contributed by atoms with Gasteiger partial charge >= 0.3 is 12.3 Å². The molecule has 37 heavy (non-hydrogen) atoms. The van der Waals surface area contributed by atoms with Crippen molar-refractivity contribution in [3.63, 3.8) is 0 Å². The third-order valence-electron chi connectivity index (χ3n) is 6.18. The van der Waals surface area contributed by atoms with Crippen molar-refractivity contribution in [1.82, 2.24) is 5.32 Å². The molecule has 3 aromatic carbocycles. The lowest BCUT2D eigenvalue weighted by Crippen LogP contribution is -2.50. The van der Waals surface area contributed by atoms with Gasteiger partial charge in [-0.25, -0.2) is 9.18 Å². The van der Waals surface area contributed by atoms with E-state index in [1.54, 1.807) is 26.8 Å². The van der Waals surface area contributed by atoms with Crippen LogP contribution in [0.15, 0.2) is 48.5 Å². The van der Waals surface area contributed by atoms with Crippen molar-refractivity contribution < 1.29 is 41.7 Å². The topological polar surface area (TPSA) is 84.9 Å². The molecule has 0 aromatic heterocycles. The summed E-state index contributed by atoms with van der Waals surface area (Å²) in [5.41, 5.74) is 0.258. The van der Waals surface area contributed by atoms with Gasteiger partial charge in [-0.15, -0.1) is 13.2 Å². The number of carboxylic acid groups (broad SMARTS) is 1. The molecule has 0 bridgehead atoms. The zero-order valence-electron chi connectivity index (χ0n) is 20.7.